The van der Waals surface area contributed by atoms with Crippen LogP contribution in [0.25, 0.3) is 0 Å². The smallest absolute Gasteiger partial charge is 0.330 e. The summed E-state index contributed by atoms with van der Waals surface area (Å²) in [5.74, 6) is -0.180. The van der Waals surface area contributed by atoms with Crippen LogP contribution < -0.4 is 0 Å². The van der Waals surface area contributed by atoms with Gasteiger partial charge in [-0.15, -0.1) is 0 Å². The van der Waals surface area contributed by atoms with Crippen molar-refractivity contribution in [1.29, 1.82) is 0 Å². The lowest BCUT2D eigenvalue weighted by molar-refractivity contribution is -0.137. The molecule has 1 rings (SSSR count). The van der Waals surface area contributed by atoms with Crippen LogP contribution in [-0.4, -0.2) is 12.6 Å². The molecule has 0 radical (unpaired) electrons. The first kappa shape index (κ1) is 11.3. The maximum atomic E-state index is 11.2. The largest absolute Gasteiger partial charge is 0.463 e. The van der Waals surface area contributed by atoms with Crippen LogP contribution in [0.3, 0.4) is 0 Å². The van der Waals surface area contributed by atoms with Gasteiger partial charge < -0.3 is 4.74 Å². The molecule has 1 saturated carbocycles. The molecular formula is C12H20O2. The fraction of sp³-hybridized carbons (Fsp3) is 0.750. The summed E-state index contributed by atoms with van der Waals surface area (Å²) < 4.78 is 4.90. The summed E-state index contributed by atoms with van der Waals surface area (Å²) in [6.07, 6.45) is 6.23. The van der Waals surface area contributed by atoms with E-state index < -0.39 is 0 Å². The second kappa shape index (κ2) is 4.63. The summed E-state index contributed by atoms with van der Waals surface area (Å²) in [5.41, 5.74) is 1.61. The second-order valence-corrected chi connectivity index (χ2v) is 4.75. The molecule has 0 aromatic heterocycles. The van der Waals surface area contributed by atoms with E-state index >= 15 is 0 Å². The van der Waals surface area contributed by atoms with Crippen LogP contribution in [0.2, 0.25) is 0 Å². The van der Waals surface area contributed by atoms with Crippen molar-refractivity contribution < 1.29 is 9.53 Å². The Morgan fingerprint density at radius 1 is 1.57 bits per heavy atom. The van der Waals surface area contributed by atoms with E-state index in [0.717, 1.165) is 12.8 Å². The predicted molar refractivity (Wildman–Crippen MR) is 57.0 cm³/mol. The van der Waals surface area contributed by atoms with E-state index in [9.17, 15) is 4.79 Å². The molecule has 0 aliphatic heterocycles. The molecular weight excluding hydrogens is 176 g/mol. The Bertz CT molecular complexity index is 239. The van der Waals surface area contributed by atoms with Crippen molar-refractivity contribution in [2.24, 2.45) is 5.41 Å². The van der Waals surface area contributed by atoms with Crippen LogP contribution in [0, 0.1) is 5.41 Å². The number of allylic oxidation sites excluding steroid dienone is 1. The lowest BCUT2D eigenvalue weighted by Gasteiger charge is -2.30. The summed E-state index contributed by atoms with van der Waals surface area (Å²) in [7, 11) is 0. The van der Waals surface area contributed by atoms with Crippen molar-refractivity contribution in [3.8, 4) is 0 Å². The summed E-state index contributed by atoms with van der Waals surface area (Å²) in [4.78, 5) is 11.2. The molecule has 0 bridgehead atoms. The van der Waals surface area contributed by atoms with Gasteiger partial charge in [0.2, 0.25) is 0 Å². The van der Waals surface area contributed by atoms with E-state index in [1.54, 1.807) is 6.08 Å². The van der Waals surface area contributed by atoms with E-state index in [4.69, 9.17) is 4.74 Å². The molecule has 0 heterocycles. The van der Waals surface area contributed by atoms with Gasteiger partial charge in [0.1, 0.15) is 0 Å². The van der Waals surface area contributed by atoms with Crippen molar-refractivity contribution >= 4 is 5.97 Å². The first-order chi connectivity index (χ1) is 6.53. The zero-order chi connectivity index (χ0) is 10.6. The molecule has 2 heteroatoms. The molecule has 14 heavy (non-hydrogen) atoms. The Kier molecular flexibility index (Phi) is 3.73. The van der Waals surface area contributed by atoms with Crippen LogP contribution >= 0.6 is 0 Å². The molecule has 0 atom stereocenters. The molecule has 0 N–H and O–H groups in total. The van der Waals surface area contributed by atoms with E-state index in [1.165, 1.54) is 18.4 Å². The number of ether oxygens (including phenoxy) is 1. The predicted octanol–water partition coefficient (Wildman–Crippen LogP) is 3.08. The fourth-order valence-electron chi connectivity index (χ4n) is 2.06. The highest BCUT2D eigenvalue weighted by atomic mass is 16.5. The van der Waals surface area contributed by atoms with E-state index in [0.29, 0.717) is 12.0 Å². The van der Waals surface area contributed by atoms with Crippen LogP contribution in [0.5, 0.6) is 0 Å². The third kappa shape index (κ3) is 3.52. The number of esters is 1. The number of hydrogen-bond acceptors (Lipinski definition) is 2. The van der Waals surface area contributed by atoms with Crippen LogP contribution in [0.4, 0.5) is 0 Å². The first-order valence-electron chi connectivity index (χ1n) is 5.40. The fourth-order valence-corrected chi connectivity index (χ4v) is 2.06. The van der Waals surface area contributed by atoms with E-state index in [1.807, 2.05) is 6.92 Å². The third-order valence-corrected chi connectivity index (χ3v) is 2.67. The molecule has 0 saturated heterocycles. The molecule has 0 spiro atoms. The minimum Gasteiger partial charge on any atom is -0.463 e. The Morgan fingerprint density at radius 3 is 2.86 bits per heavy atom. The highest BCUT2D eigenvalue weighted by Gasteiger charge is 2.24. The van der Waals surface area contributed by atoms with E-state index in [2.05, 4.69) is 13.8 Å². The topological polar surface area (TPSA) is 26.3 Å². The highest BCUT2D eigenvalue weighted by molar-refractivity contribution is 5.82. The highest BCUT2D eigenvalue weighted by Crippen LogP contribution is 2.37. The SMILES string of the molecule is CCOC(=O)/C=C1/CCCC(C)(C)C1. The minimum absolute atomic E-state index is 0.180. The molecule has 0 aromatic carbocycles. The standard InChI is InChI=1S/C12H20O2/c1-4-14-11(13)8-10-6-5-7-12(2,3)9-10/h8H,4-7,9H2,1-3H3/b10-8-. The van der Waals surface area contributed by atoms with E-state index in [-0.39, 0.29) is 5.97 Å². The van der Waals surface area contributed by atoms with Gasteiger partial charge in [0.25, 0.3) is 0 Å². The molecule has 2 nitrogen and oxygen atoms in total. The van der Waals surface area contributed by atoms with Crippen molar-refractivity contribution in [3.63, 3.8) is 0 Å². The molecule has 0 aromatic rings. The Morgan fingerprint density at radius 2 is 2.29 bits per heavy atom. The molecule has 80 valence electrons. The van der Waals surface area contributed by atoms with Gasteiger partial charge in [-0.05, 0) is 38.0 Å². The zero-order valence-electron chi connectivity index (χ0n) is 9.43. The second-order valence-electron chi connectivity index (χ2n) is 4.75. The number of carbonyl (C=O) groups excluding carboxylic acids is 1. The summed E-state index contributed by atoms with van der Waals surface area (Å²) in [6, 6.07) is 0. The van der Waals surface area contributed by atoms with Crippen LogP contribution in [-0.2, 0) is 9.53 Å². The van der Waals surface area contributed by atoms with Gasteiger partial charge in [-0.1, -0.05) is 19.4 Å². The van der Waals surface area contributed by atoms with Gasteiger partial charge in [-0.2, -0.15) is 0 Å². The van der Waals surface area contributed by atoms with Gasteiger partial charge in [0.15, 0.2) is 0 Å². The van der Waals surface area contributed by atoms with Gasteiger partial charge in [0.05, 0.1) is 6.61 Å². The summed E-state index contributed by atoms with van der Waals surface area (Å²) in [5, 5.41) is 0. The van der Waals surface area contributed by atoms with Gasteiger partial charge >= 0.3 is 5.97 Å². The summed E-state index contributed by atoms with van der Waals surface area (Å²) >= 11 is 0. The average molecular weight is 196 g/mol. The van der Waals surface area contributed by atoms with Crippen molar-refractivity contribution in [1.82, 2.24) is 0 Å². The Hall–Kier alpha value is -0.790. The van der Waals surface area contributed by atoms with Crippen molar-refractivity contribution in [3.05, 3.63) is 11.6 Å². The minimum atomic E-state index is -0.180. The van der Waals surface area contributed by atoms with Gasteiger partial charge in [0, 0.05) is 6.08 Å². The first-order valence-corrected chi connectivity index (χ1v) is 5.40. The lowest BCUT2D eigenvalue weighted by Crippen LogP contribution is -2.18. The monoisotopic (exact) mass is 196 g/mol. The quantitative estimate of drug-likeness (QED) is 0.501. The Balaban J connectivity index is 2.55. The van der Waals surface area contributed by atoms with Gasteiger partial charge in [-0.3, -0.25) is 0 Å². The molecule has 0 unspecified atom stereocenters. The average Bonchev–Trinajstić information content (AvgIpc) is 2.02. The maximum Gasteiger partial charge on any atom is 0.330 e. The maximum absolute atomic E-state index is 11.2. The van der Waals surface area contributed by atoms with Crippen molar-refractivity contribution in [2.45, 2.75) is 46.5 Å². The normalized spacial score (nSPS) is 23.5. The van der Waals surface area contributed by atoms with Crippen LogP contribution in [0.1, 0.15) is 46.5 Å². The Labute approximate surface area is 86.3 Å². The summed E-state index contributed by atoms with van der Waals surface area (Å²) in [6.45, 7) is 6.81. The molecule has 1 aliphatic carbocycles. The number of carbonyl (C=O) groups is 1. The third-order valence-electron chi connectivity index (χ3n) is 2.67. The zero-order valence-corrected chi connectivity index (χ0v) is 9.43. The molecule has 1 fully saturated rings. The van der Waals surface area contributed by atoms with Gasteiger partial charge in [-0.25, -0.2) is 4.79 Å². The molecule has 0 amide bonds. The lowest BCUT2D eigenvalue weighted by atomic mass is 9.75. The molecule has 1 aliphatic rings. The number of hydrogen-bond donors (Lipinski definition) is 0. The van der Waals surface area contributed by atoms with Crippen LogP contribution in [0.15, 0.2) is 11.6 Å². The number of rotatable bonds is 2. The van der Waals surface area contributed by atoms with Crippen molar-refractivity contribution in [2.75, 3.05) is 6.61 Å².